The number of esters is 1. The van der Waals surface area contributed by atoms with E-state index in [4.69, 9.17) is 4.74 Å². The maximum absolute atomic E-state index is 12.2. The number of carbonyl (C=O) groups excluding carboxylic acids is 1. The van der Waals surface area contributed by atoms with Gasteiger partial charge in [0.1, 0.15) is 0 Å². The Balaban J connectivity index is 2.11. The van der Waals surface area contributed by atoms with E-state index in [9.17, 15) is 4.79 Å². The fraction of sp³-hybridized carbons (Fsp3) is 0.368. The minimum absolute atomic E-state index is 0.154. The quantitative estimate of drug-likeness (QED) is 0.772. The molecule has 3 rings (SSSR count). The Morgan fingerprint density at radius 2 is 2.18 bits per heavy atom. The molecule has 1 heterocycles. The highest BCUT2D eigenvalue weighted by Gasteiger charge is 2.30. The van der Waals surface area contributed by atoms with Gasteiger partial charge < -0.3 is 4.74 Å². The van der Waals surface area contributed by atoms with Crippen molar-refractivity contribution in [1.82, 2.24) is 0 Å². The second kappa shape index (κ2) is 5.91. The molecular formula is C19H21NO2. The first-order valence-corrected chi connectivity index (χ1v) is 7.87. The molecule has 0 amide bonds. The molecule has 0 saturated heterocycles. The molecule has 1 atom stereocenters. The summed E-state index contributed by atoms with van der Waals surface area (Å²) in [6.07, 6.45) is 2.45. The summed E-state index contributed by atoms with van der Waals surface area (Å²) in [6, 6.07) is 10.6. The van der Waals surface area contributed by atoms with Crippen LogP contribution in [0.5, 0.6) is 0 Å². The Morgan fingerprint density at radius 3 is 2.91 bits per heavy atom. The van der Waals surface area contributed by atoms with Crippen LogP contribution >= 0.6 is 0 Å². The number of aliphatic imine (C=N–C) groups is 1. The molecule has 0 aromatic rings. The van der Waals surface area contributed by atoms with Gasteiger partial charge in [-0.05, 0) is 35.6 Å². The van der Waals surface area contributed by atoms with E-state index in [1.807, 2.05) is 13.1 Å². The fourth-order valence-electron chi connectivity index (χ4n) is 2.99. The van der Waals surface area contributed by atoms with Crippen LogP contribution < -0.4 is 0 Å². The first-order chi connectivity index (χ1) is 10.6. The molecule has 0 aromatic heterocycles. The first kappa shape index (κ1) is 14.8. The van der Waals surface area contributed by atoms with Crippen LogP contribution in [-0.4, -0.2) is 18.8 Å². The second-order valence-corrected chi connectivity index (χ2v) is 5.99. The molecular weight excluding hydrogens is 274 g/mol. The number of hydrogen-bond donors (Lipinski definition) is 0. The number of carbonyl (C=O) groups is 1. The third-order valence-electron chi connectivity index (χ3n) is 4.20. The van der Waals surface area contributed by atoms with E-state index in [-0.39, 0.29) is 11.9 Å². The smallest absolute Gasteiger partial charge is 0.313 e. The predicted octanol–water partition coefficient (Wildman–Crippen LogP) is 4.67. The standard InChI is InChI=1S/C19H21NO2/c1-4-22-19(21)16-8-9-20-18-15-7-5-6-13(12(2)3)10-14(15)11-17(16)18/h5-7,9-12,16H,4,8H2,1-3H3. The first-order valence-electron chi connectivity index (χ1n) is 7.87. The van der Waals surface area contributed by atoms with Crippen molar-refractivity contribution >= 4 is 17.9 Å². The van der Waals surface area contributed by atoms with Gasteiger partial charge in [-0.25, -0.2) is 0 Å². The van der Waals surface area contributed by atoms with Gasteiger partial charge in [0.05, 0.1) is 18.2 Å². The zero-order chi connectivity index (χ0) is 15.7. The molecule has 0 aromatic carbocycles. The van der Waals surface area contributed by atoms with Gasteiger partial charge in [-0.3, -0.25) is 9.79 Å². The summed E-state index contributed by atoms with van der Waals surface area (Å²) in [5, 5.41) is 0. The summed E-state index contributed by atoms with van der Waals surface area (Å²) >= 11 is 0. The van der Waals surface area contributed by atoms with Crippen LogP contribution in [0.4, 0.5) is 5.69 Å². The molecule has 114 valence electrons. The Hall–Kier alpha value is -2.16. The van der Waals surface area contributed by atoms with Crippen LogP contribution in [0, 0.1) is 0 Å². The van der Waals surface area contributed by atoms with Crippen molar-refractivity contribution in [2.24, 2.45) is 4.99 Å². The van der Waals surface area contributed by atoms with Crippen LogP contribution in [0.2, 0.25) is 0 Å². The van der Waals surface area contributed by atoms with Crippen molar-refractivity contribution in [2.75, 3.05) is 6.61 Å². The molecule has 3 nitrogen and oxygen atoms in total. The highest BCUT2D eigenvalue weighted by atomic mass is 16.5. The molecule has 1 unspecified atom stereocenters. The van der Waals surface area contributed by atoms with Crippen LogP contribution in [0.1, 0.15) is 50.2 Å². The number of ether oxygens (including phenoxy) is 1. The molecule has 0 spiro atoms. The average molecular weight is 295 g/mol. The van der Waals surface area contributed by atoms with E-state index in [1.165, 1.54) is 5.56 Å². The monoisotopic (exact) mass is 295 g/mol. The molecule has 0 radical (unpaired) electrons. The predicted molar refractivity (Wildman–Crippen MR) is 89.3 cm³/mol. The van der Waals surface area contributed by atoms with E-state index in [0.29, 0.717) is 18.9 Å². The molecule has 2 aliphatic carbocycles. The van der Waals surface area contributed by atoms with E-state index in [2.05, 4.69) is 49.2 Å². The molecule has 0 N–H and O–H groups in total. The van der Waals surface area contributed by atoms with Crippen LogP contribution in [-0.2, 0) is 9.53 Å². The van der Waals surface area contributed by atoms with E-state index in [1.54, 1.807) is 0 Å². The summed E-state index contributed by atoms with van der Waals surface area (Å²) < 4.78 is 5.21. The third-order valence-corrected chi connectivity index (χ3v) is 4.20. The van der Waals surface area contributed by atoms with Crippen molar-refractivity contribution in [3.05, 3.63) is 41.5 Å². The van der Waals surface area contributed by atoms with Crippen molar-refractivity contribution in [2.45, 2.75) is 39.0 Å². The molecule has 0 bridgehead atoms. The van der Waals surface area contributed by atoms with E-state index in [0.717, 1.165) is 22.4 Å². The summed E-state index contributed by atoms with van der Waals surface area (Å²) in [6.45, 7) is 6.62. The maximum atomic E-state index is 12.2. The summed E-state index contributed by atoms with van der Waals surface area (Å²) in [4.78, 5) is 16.7. The van der Waals surface area contributed by atoms with Crippen LogP contribution in [0.25, 0.3) is 11.1 Å². The number of nitrogens with zero attached hydrogens (tertiary/aromatic N) is 1. The Kier molecular flexibility index (Phi) is 3.97. The lowest BCUT2D eigenvalue weighted by molar-refractivity contribution is -0.144. The molecule has 0 saturated carbocycles. The molecule has 22 heavy (non-hydrogen) atoms. The van der Waals surface area contributed by atoms with Crippen molar-refractivity contribution in [3.8, 4) is 11.1 Å². The van der Waals surface area contributed by atoms with Crippen molar-refractivity contribution < 1.29 is 9.53 Å². The molecule has 3 heteroatoms. The topological polar surface area (TPSA) is 38.7 Å². The number of fused-ring (bicyclic) bond motifs is 3. The second-order valence-electron chi connectivity index (χ2n) is 5.99. The molecule has 3 aliphatic rings. The fourth-order valence-corrected chi connectivity index (χ4v) is 2.99. The minimum atomic E-state index is -0.229. The van der Waals surface area contributed by atoms with Gasteiger partial charge in [-0.15, -0.1) is 0 Å². The summed E-state index contributed by atoms with van der Waals surface area (Å²) in [7, 11) is 0. The highest BCUT2D eigenvalue weighted by Crippen LogP contribution is 2.45. The summed E-state index contributed by atoms with van der Waals surface area (Å²) in [5.41, 5.74) is 5.45. The van der Waals surface area contributed by atoms with Gasteiger partial charge in [0, 0.05) is 18.2 Å². The van der Waals surface area contributed by atoms with Gasteiger partial charge in [0.15, 0.2) is 0 Å². The normalized spacial score (nSPS) is 16.8. The van der Waals surface area contributed by atoms with Gasteiger partial charge in [-0.2, -0.15) is 0 Å². The van der Waals surface area contributed by atoms with Gasteiger partial charge in [0.2, 0.25) is 0 Å². The number of rotatable bonds is 3. The lowest BCUT2D eigenvalue weighted by atomic mass is 9.95. The minimum Gasteiger partial charge on any atom is -0.466 e. The SMILES string of the molecule is CCOC(=O)C1CC=Nc2c3cccc(C(C)C)cc-3cc21. The lowest BCUT2D eigenvalue weighted by Gasteiger charge is -2.16. The van der Waals surface area contributed by atoms with Crippen molar-refractivity contribution in [3.63, 3.8) is 0 Å². The lowest BCUT2D eigenvalue weighted by Crippen LogP contribution is -2.17. The number of hydrogen-bond acceptors (Lipinski definition) is 3. The zero-order valence-electron chi connectivity index (χ0n) is 13.3. The Labute approximate surface area is 131 Å². The largest absolute Gasteiger partial charge is 0.466 e. The van der Waals surface area contributed by atoms with Crippen LogP contribution in [0.3, 0.4) is 0 Å². The Bertz CT molecular complexity index is 703. The van der Waals surface area contributed by atoms with Crippen LogP contribution in [0.15, 0.2) is 35.3 Å². The van der Waals surface area contributed by atoms with E-state index >= 15 is 0 Å². The van der Waals surface area contributed by atoms with Crippen molar-refractivity contribution in [1.29, 1.82) is 0 Å². The molecule has 0 fully saturated rings. The Morgan fingerprint density at radius 1 is 1.36 bits per heavy atom. The third kappa shape index (κ3) is 2.52. The molecule has 1 aliphatic heterocycles. The van der Waals surface area contributed by atoms with Gasteiger partial charge in [-0.1, -0.05) is 38.1 Å². The van der Waals surface area contributed by atoms with Gasteiger partial charge >= 0.3 is 5.97 Å². The van der Waals surface area contributed by atoms with E-state index < -0.39 is 0 Å². The summed E-state index contributed by atoms with van der Waals surface area (Å²) in [5.74, 6) is 0.0817. The van der Waals surface area contributed by atoms with Gasteiger partial charge in [0.25, 0.3) is 0 Å². The maximum Gasteiger partial charge on any atom is 0.313 e. The highest BCUT2D eigenvalue weighted by molar-refractivity contribution is 5.94. The average Bonchev–Trinajstić information content (AvgIpc) is 2.70. The zero-order valence-corrected chi connectivity index (χ0v) is 13.3.